The summed E-state index contributed by atoms with van der Waals surface area (Å²) in [6.07, 6.45) is 5.32. The number of carbonyl (C=O) groups excluding carboxylic acids is 1. The summed E-state index contributed by atoms with van der Waals surface area (Å²) in [6, 6.07) is 15.9. The van der Waals surface area contributed by atoms with Crippen molar-refractivity contribution in [1.29, 1.82) is 0 Å². The molecule has 2 saturated carbocycles. The molecular formula is C23H28N2O3S. The molecule has 0 aromatic heterocycles. The van der Waals surface area contributed by atoms with E-state index in [0.29, 0.717) is 18.0 Å². The first-order chi connectivity index (χ1) is 14.0. The Labute approximate surface area is 173 Å². The second-order valence-electron chi connectivity index (χ2n) is 8.16. The van der Waals surface area contributed by atoms with Crippen molar-refractivity contribution in [2.75, 3.05) is 10.8 Å². The molecule has 0 unspecified atom stereocenters. The van der Waals surface area contributed by atoms with Gasteiger partial charge in [0.05, 0.1) is 10.6 Å². The fourth-order valence-electron chi connectivity index (χ4n) is 4.88. The van der Waals surface area contributed by atoms with E-state index in [1.165, 1.54) is 23.6 Å². The van der Waals surface area contributed by atoms with Crippen LogP contribution in [-0.4, -0.2) is 26.9 Å². The number of sulfonamides is 1. The van der Waals surface area contributed by atoms with Crippen LogP contribution in [0.1, 0.15) is 38.2 Å². The Balaban J connectivity index is 1.62. The lowest BCUT2D eigenvalue weighted by Gasteiger charge is -2.28. The van der Waals surface area contributed by atoms with Gasteiger partial charge in [0.2, 0.25) is 5.91 Å². The number of hydrogen-bond acceptors (Lipinski definition) is 3. The van der Waals surface area contributed by atoms with Crippen molar-refractivity contribution >= 4 is 21.6 Å². The van der Waals surface area contributed by atoms with Crippen LogP contribution in [0.3, 0.4) is 0 Å². The minimum Gasteiger partial charge on any atom is -0.352 e. The Morgan fingerprint density at radius 3 is 2.41 bits per heavy atom. The van der Waals surface area contributed by atoms with Crippen LogP contribution in [0, 0.1) is 11.8 Å². The quantitative estimate of drug-likeness (QED) is 0.753. The van der Waals surface area contributed by atoms with Gasteiger partial charge in [0.1, 0.15) is 6.54 Å². The lowest BCUT2D eigenvalue weighted by atomic mass is 9.95. The van der Waals surface area contributed by atoms with Gasteiger partial charge >= 0.3 is 0 Å². The van der Waals surface area contributed by atoms with E-state index in [2.05, 4.69) is 5.32 Å². The van der Waals surface area contributed by atoms with Gasteiger partial charge in [-0.2, -0.15) is 0 Å². The summed E-state index contributed by atoms with van der Waals surface area (Å²) in [5.41, 5.74) is 1.47. The summed E-state index contributed by atoms with van der Waals surface area (Å²) in [7, 11) is -3.85. The minimum atomic E-state index is -3.85. The van der Waals surface area contributed by atoms with Gasteiger partial charge in [-0.1, -0.05) is 49.7 Å². The number of carbonyl (C=O) groups is 1. The van der Waals surface area contributed by atoms with Crippen LogP contribution in [0.4, 0.5) is 5.69 Å². The summed E-state index contributed by atoms with van der Waals surface area (Å²) in [4.78, 5) is 13.1. The summed E-state index contributed by atoms with van der Waals surface area (Å²) in [6.45, 7) is 1.78. The Kier molecular flexibility index (Phi) is 5.63. The molecule has 6 heteroatoms. The summed E-state index contributed by atoms with van der Waals surface area (Å²) < 4.78 is 28.2. The largest absolute Gasteiger partial charge is 0.352 e. The zero-order chi connectivity index (χ0) is 20.4. The van der Waals surface area contributed by atoms with E-state index >= 15 is 0 Å². The van der Waals surface area contributed by atoms with E-state index in [1.54, 1.807) is 36.4 Å². The molecule has 2 aliphatic carbocycles. The molecule has 2 fully saturated rings. The fraction of sp³-hybridized carbons (Fsp3) is 0.435. The molecule has 0 saturated heterocycles. The zero-order valence-electron chi connectivity index (χ0n) is 16.8. The first-order valence-electron chi connectivity index (χ1n) is 10.4. The molecule has 3 atom stereocenters. The molecule has 0 heterocycles. The topological polar surface area (TPSA) is 66.5 Å². The Bertz CT molecular complexity index is 975. The number of nitrogens with one attached hydrogen (secondary N) is 1. The zero-order valence-corrected chi connectivity index (χ0v) is 17.6. The van der Waals surface area contributed by atoms with Crippen LogP contribution >= 0.6 is 0 Å². The standard InChI is InChI=1S/C23H28N2O3S/c1-2-18-8-6-7-11-22(18)25(29(27,28)20-9-4-3-5-10-20)16-23(26)24-21-15-17-12-13-19(21)14-17/h3-11,17,19,21H,2,12-16H2,1H3,(H,24,26)/t17-,19-,21+/m1/s1. The second-order valence-corrected chi connectivity index (χ2v) is 10.0. The van der Waals surface area contributed by atoms with Crippen molar-refractivity contribution in [3.63, 3.8) is 0 Å². The summed E-state index contributed by atoms with van der Waals surface area (Å²) >= 11 is 0. The Hall–Kier alpha value is -2.34. The second kappa shape index (κ2) is 8.19. The molecule has 2 aliphatic rings. The van der Waals surface area contributed by atoms with Gasteiger partial charge in [-0.15, -0.1) is 0 Å². The molecular weight excluding hydrogens is 384 g/mol. The van der Waals surface area contributed by atoms with Crippen LogP contribution in [0.25, 0.3) is 0 Å². The number of benzene rings is 2. The van der Waals surface area contributed by atoms with Crippen molar-refractivity contribution in [3.05, 3.63) is 60.2 Å². The lowest BCUT2D eigenvalue weighted by Crippen LogP contribution is -2.46. The number of nitrogens with zero attached hydrogens (tertiary/aromatic N) is 1. The van der Waals surface area contributed by atoms with E-state index in [0.717, 1.165) is 17.9 Å². The Morgan fingerprint density at radius 2 is 1.76 bits per heavy atom. The first kappa shape index (κ1) is 20.0. The van der Waals surface area contributed by atoms with Crippen molar-refractivity contribution < 1.29 is 13.2 Å². The highest BCUT2D eigenvalue weighted by atomic mass is 32.2. The third kappa shape index (κ3) is 4.04. The number of para-hydroxylation sites is 1. The SMILES string of the molecule is CCc1ccccc1N(CC(=O)N[C@H]1C[C@@H]2CC[C@@H]1C2)S(=O)(=O)c1ccccc1. The minimum absolute atomic E-state index is 0.184. The predicted octanol–water partition coefficient (Wildman–Crippen LogP) is 3.75. The van der Waals surface area contributed by atoms with Gasteiger partial charge < -0.3 is 5.32 Å². The van der Waals surface area contributed by atoms with E-state index in [9.17, 15) is 13.2 Å². The van der Waals surface area contributed by atoms with E-state index in [1.807, 2.05) is 25.1 Å². The molecule has 2 aromatic carbocycles. The third-order valence-corrected chi connectivity index (χ3v) is 8.12. The molecule has 0 radical (unpaired) electrons. The first-order valence-corrected chi connectivity index (χ1v) is 11.9. The number of aryl methyl sites for hydroxylation is 1. The average Bonchev–Trinajstić information content (AvgIpc) is 3.36. The van der Waals surface area contributed by atoms with E-state index < -0.39 is 10.0 Å². The maximum absolute atomic E-state index is 13.4. The van der Waals surface area contributed by atoms with Crippen LogP contribution < -0.4 is 9.62 Å². The molecule has 29 heavy (non-hydrogen) atoms. The van der Waals surface area contributed by atoms with Crippen LogP contribution in [0.15, 0.2) is 59.5 Å². The molecule has 0 aliphatic heterocycles. The smallest absolute Gasteiger partial charge is 0.264 e. The van der Waals surface area contributed by atoms with Gasteiger partial charge in [0, 0.05) is 6.04 Å². The molecule has 1 amide bonds. The van der Waals surface area contributed by atoms with Gasteiger partial charge in [-0.05, 0) is 61.3 Å². The Morgan fingerprint density at radius 1 is 1.03 bits per heavy atom. The fourth-order valence-corrected chi connectivity index (χ4v) is 6.36. The summed E-state index contributed by atoms with van der Waals surface area (Å²) in [5.74, 6) is 1.04. The highest BCUT2D eigenvalue weighted by Gasteiger charge is 2.40. The van der Waals surface area contributed by atoms with Crippen LogP contribution in [0.5, 0.6) is 0 Å². The molecule has 0 spiro atoms. The molecule has 1 N–H and O–H groups in total. The average molecular weight is 413 g/mol. The molecule has 2 bridgehead atoms. The van der Waals surface area contributed by atoms with Crippen molar-refractivity contribution in [3.8, 4) is 0 Å². The normalized spacial score (nSPS) is 23.1. The number of amides is 1. The number of anilines is 1. The van der Waals surface area contributed by atoms with Crippen molar-refractivity contribution in [2.45, 2.75) is 50.0 Å². The number of hydrogen-bond donors (Lipinski definition) is 1. The van der Waals surface area contributed by atoms with Crippen LogP contribution in [-0.2, 0) is 21.2 Å². The summed E-state index contributed by atoms with van der Waals surface area (Å²) in [5, 5.41) is 3.13. The van der Waals surface area contributed by atoms with E-state index in [-0.39, 0.29) is 23.4 Å². The highest BCUT2D eigenvalue weighted by Crippen LogP contribution is 2.44. The predicted molar refractivity (Wildman–Crippen MR) is 114 cm³/mol. The lowest BCUT2D eigenvalue weighted by molar-refractivity contribution is -0.120. The molecule has 2 aromatic rings. The van der Waals surface area contributed by atoms with E-state index in [4.69, 9.17) is 0 Å². The van der Waals surface area contributed by atoms with Crippen LogP contribution in [0.2, 0.25) is 0 Å². The van der Waals surface area contributed by atoms with Gasteiger partial charge in [-0.25, -0.2) is 8.42 Å². The highest BCUT2D eigenvalue weighted by molar-refractivity contribution is 7.92. The molecule has 4 rings (SSSR count). The van der Waals surface area contributed by atoms with Gasteiger partial charge in [0.15, 0.2) is 0 Å². The number of fused-ring (bicyclic) bond motifs is 2. The number of rotatable bonds is 7. The molecule has 154 valence electrons. The maximum Gasteiger partial charge on any atom is 0.264 e. The van der Waals surface area contributed by atoms with Crippen molar-refractivity contribution in [1.82, 2.24) is 5.32 Å². The van der Waals surface area contributed by atoms with Crippen molar-refractivity contribution in [2.24, 2.45) is 11.8 Å². The third-order valence-electron chi connectivity index (χ3n) is 6.34. The van der Waals surface area contributed by atoms with Gasteiger partial charge in [0.25, 0.3) is 10.0 Å². The monoisotopic (exact) mass is 412 g/mol. The maximum atomic E-state index is 13.4. The molecule has 5 nitrogen and oxygen atoms in total. The van der Waals surface area contributed by atoms with Gasteiger partial charge in [-0.3, -0.25) is 9.10 Å².